The summed E-state index contributed by atoms with van der Waals surface area (Å²) in [6.45, 7) is 7.64. The SMILES string of the molecule is CC(=O)SCCN(CCC1CC1)C(=O)N[C@@H](C)C(=O)N1CCN(C)CC1. The molecule has 3 amide bonds. The van der Waals surface area contributed by atoms with Crippen molar-refractivity contribution in [1.82, 2.24) is 20.0 Å². The fourth-order valence-corrected chi connectivity index (χ4v) is 3.60. The van der Waals surface area contributed by atoms with Crippen molar-refractivity contribution in [2.24, 2.45) is 5.92 Å². The number of thioether (sulfide) groups is 1. The molecule has 0 aromatic rings. The maximum Gasteiger partial charge on any atom is 0.318 e. The average Bonchev–Trinajstić information content (AvgIpc) is 3.41. The molecule has 0 aromatic heterocycles. The lowest BCUT2D eigenvalue weighted by Gasteiger charge is -2.34. The molecule has 1 N–H and O–H groups in total. The van der Waals surface area contributed by atoms with Crippen LogP contribution in [-0.2, 0) is 9.59 Å². The van der Waals surface area contributed by atoms with Crippen molar-refractivity contribution in [2.75, 3.05) is 52.1 Å². The third-order valence-electron chi connectivity index (χ3n) is 4.98. The number of urea groups is 1. The van der Waals surface area contributed by atoms with E-state index in [1.807, 2.05) is 11.9 Å². The number of carbonyl (C=O) groups excluding carboxylic acids is 3. The molecule has 0 spiro atoms. The molecule has 1 saturated carbocycles. The zero-order valence-electron chi connectivity index (χ0n) is 16.2. The van der Waals surface area contributed by atoms with E-state index in [1.165, 1.54) is 31.5 Å². The van der Waals surface area contributed by atoms with E-state index in [4.69, 9.17) is 0 Å². The van der Waals surface area contributed by atoms with Crippen LogP contribution in [0.15, 0.2) is 0 Å². The second-order valence-corrected chi connectivity index (χ2v) is 8.63. The highest BCUT2D eigenvalue weighted by Crippen LogP contribution is 2.32. The number of nitrogens with zero attached hydrogens (tertiary/aromatic N) is 3. The van der Waals surface area contributed by atoms with Crippen LogP contribution in [0.25, 0.3) is 0 Å². The molecule has 26 heavy (non-hydrogen) atoms. The highest BCUT2D eigenvalue weighted by atomic mass is 32.2. The van der Waals surface area contributed by atoms with Crippen molar-refractivity contribution >= 4 is 28.8 Å². The van der Waals surface area contributed by atoms with E-state index in [0.717, 1.165) is 25.4 Å². The standard InChI is InChI=1S/C18H32N4O3S/c1-14(17(24)21-10-8-20(3)9-11-21)19-18(25)22(7-6-16-4-5-16)12-13-26-15(2)23/h14,16H,4-13H2,1-3H3,(H,19,25)/t14-/m0/s1. The van der Waals surface area contributed by atoms with Gasteiger partial charge in [-0.2, -0.15) is 0 Å². The minimum absolute atomic E-state index is 0.0216. The van der Waals surface area contributed by atoms with Crippen molar-refractivity contribution in [3.8, 4) is 0 Å². The summed E-state index contributed by atoms with van der Waals surface area (Å²) in [5.74, 6) is 1.30. The molecule has 8 heteroatoms. The monoisotopic (exact) mass is 384 g/mol. The molecule has 1 saturated heterocycles. The van der Waals surface area contributed by atoms with E-state index in [-0.39, 0.29) is 17.1 Å². The van der Waals surface area contributed by atoms with Crippen LogP contribution in [0.4, 0.5) is 4.79 Å². The van der Waals surface area contributed by atoms with Gasteiger partial charge in [0, 0.05) is 51.9 Å². The van der Waals surface area contributed by atoms with Crippen LogP contribution in [0.5, 0.6) is 0 Å². The molecule has 7 nitrogen and oxygen atoms in total. The first-order valence-electron chi connectivity index (χ1n) is 9.53. The summed E-state index contributed by atoms with van der Waals surface area (Å²) in [7, 11) is 2.05. The van der Waals surface area contributed by atoms with Crippen LogP contribution in [-0.4, -0.2) is 89.9 Å². The number of amides is 3. The molecule has 148 valence electrons. The molecule has 0 bridgehead atoms. The predicted molar refractivity (Wildman–Crippen MR) is 104 cm³/mol. The Bertz CT molecular complexity index is 505. The van der Waals surface area contributed by atoms with Crippen molar-refractivity contribution in [3.63, 3.8) is 0 Å². The Morgan fingerprint density at radius 3 is 2.38 bits per heavy atom. The number of hydrogen-bond donors (Lipinski definition) is 1. The Labute approximate surface area is 160 Å². The summed E-state index contributed by atoms with van der Waals surface area (Å²) in [5.41, 5.74) is 0. The summed E-state index contributed by atoms with van der Waals surface area (Å²) in [6.07, 6.45) is 3.49. The number of hydrogen-bond acceptors (Lipinski definition) is 5. The van der Waals surface area contributed by atoms with Crippen LogP contribution in [0.1, 0.15) is 33.1 Å². The average molecular weight is 385 g/mol. The Morgan fingerprint density at radius 2 is 1.81 bits per heavy atom. The van der Waals surface area contributed by atoms with Gasteiger partial charge >= 0.3 is 6.03 Å². The maximum atomic E-state index is 12.6. The molecule has 2 fully saturated rings. The summed E-state index contributed by atoms with van der Waals surface area (Å²) in [4.78, 5) is 42.1. The molecule has 0 radical (unpaired) electrons. The fraction of sp³-hybridized carbons (Fsp3) is 0.833. The summed E-state index contributed by atoms with van der Waals surface area (Å²) >= 11 is 1.23. The van der Waals surface area contributed by atoms with Gasteiger partial charge in [-0.15, -0.1) is 0 Å². The molecule has 2 rings (SSSR count). The lowest BCUT2D eigenvalue weighted by Crippen LogP contribution is -2.55. The second kappa shape index (κ2) is 10.2. The Hall–Kier alpha value is -1.28. The molecule has 1 aliphatic carbocycles. The molecule has 1 atom stereocenters. The van der Waals surface area contributed by atoms with Crippen molar-refractivity contribution in [1.29, 1.82) is 0 Å². The van der Waals surface area contributed by atoms with E-state index < -0.39 is 6.04 Å². The summed E-state index contributed by atoms with van der Waals surface area (Å²) < 4.78 is 0. The highest BCUT2D eigenvalue weighted by molar-refractivity contribution is 8.13. The number of rotatable bonds is 8. The first kappa shape index (κ1) is 21.0. The van der Waals surface area contributed by atoms with Crippen molar-refractivity contribution < 1.29 is 14.4 Å². The maximum absolute atomic E-state index is 12.6. The van der Waals surface area contributed by atoms with Crippen LogP contribution in [0.3, 0.4) is 0 Å². The zero-order chi connectivity index (χ0) is 19.1. The number of likely N-dealkylation sites (N-methyl/N-ethyl adjacent to an activating group) is 1. The van der Waals surface area contributed by atoms with E-state index >= 15 is 0 Å². The number of nitrogens with one attached hydrogen (secondary N) is 1. The molecule has 0 unspecified atom stereocenters. The molecule has 0 aromatic carbocycles. The van der Waals surface area contributed by atoms with Gasteiger partial charge in [-0.05, 0) is 26.3 Å². The molecular formula is C18H32N4O3S. The van der Waals surface area contributed by atoms with Crippen molar-refractivity contribution in [3.05, 3.63) is 0 Å². The molecule has 1 aliphatic heterocycles. The predicted octanol–water partition coefficient (Wildman–Crippen LogP) is 1.24. The summed E-state index contributed by atoms with van der Waals surface area (Å²) in [5, 5.41) is 2.92. The normalized spacial score (nSPS) is 19.1. The highest BCUT2D eigenvalue weighted by Gasteiger charge is 2.27. The largest absolute Gasteiger partial charge is 0.338 e. The van der Waals surface area contributed by atoms with Gasteiger partial charge in [-0.25, -0.2) is 4.79 Å². The minimum atomic E-state index is -0.533. The van der Waals surface area contributed by atoms with Crippen LogP contribution in [0, 0.1) is 5.92 Å². The van der Waals surface area contributed by atoms with Crippen molar-refractivity contribution in [2.45, 2.75) is 39.2 Å². The molecular weight excluding hydrogens is 352 g/mol. The minimum Gasteiger partial charge on any atom is -0.338 e. The topological polar surface area (TPSA) is 73.0 Å². The quantitative estimate of drug-likeness (QED) is 0.682. The third kappa shape index (κ3) is 7.15. The Balaban J connectivity index is 1.82. The van der Waals surface area contributed by atoms with Crippen LogP contribution >= 0.6 is 11.8 Å². The van der Waals surface area contributed by atoms with Gasteiger partial charge < -0.3 is 20.0 Å². The van der Waals surface area contributed by atoms with Gasteiger partial charge in [-0.1, -0.05) is 24.6 Å². The van der Waals surface area contributed by atoms with E-state index in [9.17, 15) is 14.4 Å². The first-order valence-corrected chi connectivity index (χ1v) is 10.5. The Kier molecular flexibility index (Phi) is 8.21. The molecule has 1 heterocycles. The van der Waals surface area contributed by atoms with E-state index in [0.29, 0.717) is 31.9 Å². The third-order valence-corrected chi connectivity index (χ3v) is 5.78. The van der Waals surface area contributed by atoms with Gasteiger partial charge in [-0.3, -0.25) is 9.59 Å². The van der Waals surface area contributed by atoms with Crippen LogP contribution in [0.2, 0.25) is 0 Å². The van der Waals surface area contributed by atoms with Crippen LogP contribution < -0.4 is 5.32 Å². The van der Waals surface area contributed by atoms with Gasteiger partial charge in [0.15, 0.2) is 5.12 Å². The summed E-state index contributed by atoms with van der Waals surface area (Å²) in [6, 6.07) is -0.737. The number of piperazine rings is 1. The first-order chi connectivity index (χ1) is 12.4. The number of carbonyl (C=O) groups is 3. The van der Waals surface area contributed by atoms with E-state index in [1.54, 1.807) is 11.8 Å². The molecule has 2 aliphatic rings. The fourth-order valence-electron chi connectivity index (χ4n) is 3.00. The van der Waals surface area contributed by atoms with Gasteiger partial charge in [0.2, 0.25) is 5.91 Å². The van der Waals surface area contributed by atoms with Gasteiger partial charge in [0.05, 0.1) is 0 Å². The van der Waals surface area contributed by atoms with Gasteiger partial charge in [0.25, 0.3) is 0 Å². The lowest BCUT2D eigenvalue weighted by molar-refractivity contribution is -0.134. The zero-order valence-corrected chi connectivity index (χ0v) is 17.0. The van der Waals surface area contributed by atoms with Gasteiger partial charge in [0.1, 0.15) is 6.04 Å². The smallest absolute Gasteiger partial charge is 0.318 e. The second-order valence-electron chi connectivity index (χ2n) is 7.36. The Morgan fingerprint density at radius 1 is 1.15 bits per heavy atom. The van der Waals surface area contributed by atoms with E-state index in [2.05, 4.69) is 10.2 Å². The lowest BCUT2D eigenvalue weighted by atomic mass is 10.2.